The molecule has 4 nitrogen and oxygen atoms in total. The topological polar surface area (TPSA) is 58.2 Å². The highest BCUT2D eigenvalue weighted by Crippen LogP contribution is 2.18. The molecule has 0 aliphatic heterocycles. The van der Waals surface area contributed by atoms with Crippen LogP contribution in [0.25, 0.3) is 0 Å². The summed E-state index contributed by atoms with van der Waals surface area (Å²) in [5.41, 5.74) is 2.51. The van der Waals surface area contributed by atoms with E-state index < -0.39 is 0 Å². The average molecular weight is 376 g/mol. The van der Waals surface area contributed by atoms with E-state index in [0.29, 0.717) is 16.8 Å². The second-order valence-corrected chi connectivity index (χ2v) is 6.50. The van der Waals surface area contributed by atoms with Crippen molar-refractivity contribution < 1.29 is 14.0 Å². The van der Waals surface area contributed by atoms with Gasteiger partial charge in [-0.05, 0) is 42.3 Å². The molecule has 142 valence electrons. The number of amides is 2. The summed E-state index contributed by atoms with van der Waals surface area (Å²) >= 11 is 0. The van der Waals surface area contributed by atoms with Crippen molar-refractivity contribution in [3.63, 3.8) is 0 Å². The Morgan fingerprint density at radius 1 is 0.893 bits per heavy atom. The summed E-state index contributed by atoms with van der Waals surface area (Å²) in [6, 6.07) is 22.1. The standard InChI is InChI=1S/C23H21FN2O2/c1-16(18-7-3-2-4-8-18)25-23(28)20-9-5-6-10-21(20)26-22(27)15-17-11-13-19(24)14-12-17/h2-14,16H,15H2,1H3,(H,25,28)(H,26,27). The summed E-state index contributed by atoms with van der Waals surface area (Å²) < 4.78 is 13.0. The molecule has 0 spiro atoms. The molecule has 3 aromatic rings. The minimum absolute atomic E-state index is 0.0939. The third-order valence-corrected chi connectivity index (χ3v) is 4.37. The lowest BCUT2D eigenvalue weighted by molar-refractivity contribution is -0.115. The number of para-hydroxylation sites is 1. The molecular formula is C23H21FN2O2. The molecule has 1 atom stereocenters. The van der Waals surface area contributed by atoms with Crippen LogP contribution in [0.15, 0.2) is 78.9 Å². The van der Waals surface area contributed by atoms with Crippen LogP contribution in [0, 0.1) is 5.82 Å². The van der Waals surface area contributed by atoms with Crippen molar-refractivity contribution in [1.82, 2.24) is 5.32 Å². The monoisotopic (exact) mass is 376 g/mol. The van der Waals surface area contributed by atoms with E-state index in [1.807, 2.05) is 37.3 Å². The Morgan fingerprint density at radius 3 is 2.25 bits per heavy atom. The largest absolute Gasteiger partial charge is 0.345 e. The molecule has 0 saturated carbocycles. The Morgan fingerprint density at radius 2 is 1.54 bits per heavy atom. The Labute approximate surface area is 163 Å². The van der Waals surface area contributed by atoms with Crippen LogP contribution in [0.5, 0.6) is 0 Å². The van der Waals surface area contributed by atoms with Crippen molar-refractivity contribution in [3.05, 3.63) is 101 Å². The normalized spacial score (nSPS) is 11.5. The van der Waals surface area contributed by atoms with Crippen LogP contribution >= 0.6 is 0 Å². The maximum Gasteiger partial charge on any atom is 0.253 e. The maximum absolute atomic E-state index is 13.0. The summed E-state index contributed by atoms with van der Waals surface area (Å²) in [5.74, 6) is -0.893. The first-order valence-corrected chi connectivity index (χ1v) is 9.02. The highest BCUT2D eigenvalue weighted by atomic mass is 19.1. The molecule has 2 amide bonds. The number of carbonyl (C=O) groups is 2. The van der Waals surface area contributed by atoms with Gasteiger partial charge in [0.2, 0.25) is 5.91 Å². The van der Waals surface area contributed by atoms with Crippen molar-refractivity contribution in [1.29, 1.82) is 0 Å². The molecule has 0 radical (unpaired) electrons. The Kier molecular flexibility index (Phi) is 6.17. The van der Waals surface area contributed by atoms with E-state index in [1.165, 1.54) is 12.1 Å². The van der Waals surface area contributed by atoms with E-state index >= 15 is 0 Å². The first kappa shape index (κ1) is 19.3. The predicted octanol–water partition coefficient (Wildman–Crippen LogP) is 4.50. The van der Waals surface area contributed by atoms with Crippen LogP contribution in [-0.2, 0) is 11.2 Å². The van der Waals surface area contributed by atoms with Gasteiger partial charge < -0.3 is 10.6 Å². The third kappa shape index (κ3) is 5.04. The highest BCUT2D eigenvalue weighted by molar-refractivity contribution is 6.04. The number of carbonyl (C=O) groups excluding carboxylic acids is 2. The molecule has 2 N–H and O–H groups in total. The fraction of sp³-hybridized carbons (Fsp3) is 0.130. The van der Waals surface area contributed by atoms with Gasteiger partial charge in [-0.15, -0.1) is 0 Å². The smallest absolute Gasteiger partial charge is 0.253 e. The first-order chi connectivity index (χ1) is 13.5. The van der Waals surface area contributed by atoms with Gasteiger partial charge in [0.25, 0.3) is 5.91 Å². The van der Waals surface area contributed by atoms with Crippen LogP contribution in [0.2, 0.25) is 0 Å². The molecule has 3 rings (SSSR count). The van der Waals surface area contributed by atoms with Gasteiger partial charge in [-0.1, -0.05) is 54.6 Å². The van der Waals surface area contributed by atoms with Gasteiger partial charge in [0, 0.05) is 0 Å². The summed E-state index contributed by atoms with van der Waals surface area (Å²) in [4.78, 5) is 25.1. The summed E-state index contributed by atoms with van der Waals surface area (Å²) in [6.45, 7) is 1.91. The molecule has 0 bridgehead atoms. The number of nitrogens with one attached hydrogen (secondary N) is 2. The van der Waals surface area contributed by atoms with E-state index in [9.17, 15) is 14.0 Å². The SMILES string of the molecule is CC(NC(=O)c1ccccc1NC(=O)Cc1ccc(F)cc1)c1ccccc1. The summed E-state index contributed by atoms with van der Waals surface area (Å²) in [6.07, 6.45) is 0.0939. The van der Waals surface area contributed by atoms with Crippen molar-refractivity contribution in [3.8, 4) is 0 Å². The van der Waals surface area contributed by atoms with Crippen molar-refractivity contribution in [2.45, 2.75) is 19.4 Å². The van der Waals surface area contributed by atoms with Gasteiger partial charge >= 0.3 is 0 Å². The van der Waals surface area contributed by atoms with Crippen LogP contribution in [0.4, 0.5) is 10.1 Å². The average Bonchev–Trinajstić information content (AvgIpc) is 2.70. The maximum atomic E-state index is 13.0. The van der Waals surface area contributed by atoms with E-state index in [-0.39, 0.29) is 30.1 Å². The lowest BCUT2D eigenvalue weighted by atomic mass is 10.1. The lowest BCUT2D eigenvalue weighted by Gasteiger charge is -2.16. The fourth-order valence-electron chi connectivity index (χ4n) is 2.87. The molecule has 5 heteroatoms. The van der Waals surface area contributed by atoms with Gasteiger partial charge in [-0.25, -0.2) is 4.39 Å². The van der Waals surface area contributed by atoms with Gasteiger partial charge in [0.15, 0.2) is 0 Å². The molecule has 0 fully saturated rings. The van der Waals surface area contributed by atoms with Gasteiger partial charge in [-0.2, -0.15) is 0 Å². The molecule has 1 unspecified atom stereocenters. The zero-order valence-corrected chi connectivity index (χ0v) is 15.5. The molecule has 0 aliphatic carbocycles. The van der Waals surface area contributed by atoms with Crippen molar-refractivity contribution >= 4 is 17.5 Å². The van der Waals surface area contributed by atoms with E-state index in [4.69, 9.17) is 0 Å². The van der Waals surface area contributed by atoms with Crippen LogP contribution in [0.3, 0.4) is 0 Å². The zero-order chi connectivity index (χ0) is 19.9. The zero-order valence-electron chi connectivity index (χ0n) is 15.5. The molecular weight excluding hydrogens is 355 g/mol. The van der Waals surface area contributed by atoms with Crippen molar-refractivity contribution in [2.75, 3.05) is 5.32 Å². The van der Waals surface area contributed by atoms with Gasteiger partial charge in [0.05, 0.1) is 23.7 Å². The number of anilines is 1. The fourth-order valence-corrected chi connectivity index (χ4v) is 2.87. The summed E-state index contributed by atoms with van der Waals surface area (Å²) in [7, 11) is 0. The van der Waals surface area contributed by atoms with Crippen LogP contribution < -0.4 is 10.6 Å². The second kappa shape index (κ2) is 8.95. The van der Waals surface area contributed by atoms with Gasteiger partial charge in [0.1, 0.15) is 5.82 Å². The number of hydrogen-bond donors (Lipinski definition) is 2. The van der Waals surface area contributed by atoms with E-state index in [2.05, 4.69) is 10.6 Å². The van der Waals surface area contributed by atoms with E-state index in [0.717, 1.165) is 5.56 Å². The molecule has 28 heavy (non-hydrogen) atoms. The Hall–Kier alpha value is -3.47. The number of halogens is 1. The second-order valence-electron chi connectivity index (χ2n) is 6.50. The number of rotatable bonds is 6. The molecule has 0 aromatic heterocycles. The minimum Gasteiger partial charge on any atom is -0.345 e. The van der Waals surface area contributed by atoms with Gasteiger partial charge in [-0.3, -0.25) is 9.59 Å². The first-order valence-electron chi connectivity index (χ1n) is 9.02. The number of hydrogen-bond acceptors (Lipinski definition) is 2. The Balaban J connectivity index is 1.69. The van der Waals surface area contributed by atoms with E-state index in [1.54, 1.807) is 36.4 Å². The number of benzene rings is 3. The van der Waals surface area contributed by atoms with Crippen molar-refractivity contribution in [2.24, 2.45) is 0 Å². The Bertz CT molecular complexity index is 956. The molecule has 0 heterocycles. The molecule has 0 saturated heterocycles. The minimum atomic E-state index is -0.348. The summed E-state index contributed by atoms with van der Waals surface area (Å²) in [5, 5.41) is 5.72. The molecule has 3 aromatic carbocycles. The van der Waals surface area contributed by atoms with Crippen LogP contribution in [-0.4, -0.2) is 11.8 Å². The quantitative estimate of drug-likeness (QED) is 0.666. The third-order valence-electron chi connectivity index (χ3n) is 4.37. The highest BCUT2D eigenvalue weighted by Gasteiger charge is 2.16. The predicted molar refractivity (Wildman–Crippen MR) is 107 cm³/mol. The lowest BCUT2D eigenvalue weighted by Crippen LogP contribution is -2.28. The van der Waals surface area contributed by atoms with Crippen LogP contribution in [0.1, 0.15) is 34.5 Å². The molecule has 0 aliphatic rings.